The van der Waals surface area contributed by atoms with E-state index in [4.69, 9.17) is 0 Å². The monoisotopic (exact) mass is 342 g/mol. The maximum atomic E-state index is 13.6. The summed E-state index contributed by atoms with van der Waals surface area (Å²) in [4.78, 5) is 4.65. The van der Waals surface area contributed by atoms with Crippen molar-refractivity contribution < 1.29 is 8.78 Å². The van der Waals surface area contributed by atoms with Crippen LogP contribution in [0.1, 0.15) is 18.4 Å². The number of rotatable bonds is 2. The van der Waals surface area contributed by atoms with Gasteiger partial charge in [0.2, 0.25) is 0 Å². The number of hydrogen-bond acceptors (Lipinski definition) is 4. The number of halogens is 2. The fraction of sp³-hybridized carbons (Fsp3) is 0.316. The third kappa shape index (κ3) is 3.09. The summed E-state index contributed by atoms with van der Waals surface area (Å²) >= 11 is 0. The molecule has 0 aromatic heterocycles. The van der Waals surface area contributed by atoms with Crippen LogP contribution >= 0.6 is 0 Å². The van der Waals surface area contributed by atoms with Gasteiger partial charge in [0.25, 0.3) is 0 Å². The highest BCUT2D eigenvalue weighted by Gasteiger charge is 2.40. The SMILES string of the molecule is Fc1cc2c(cc1F)NC1(CCNCC1)C(NCc1ccccc1)=N2. The minimum Gasteiger partial charge on any atom is -0.371 e. The van der Waals surface area contributed by atoms with Crippen LogP contribution in [0.25, 0.3) is 0 Å². The number of amidine groups is 1. The largest absolute Gasteiger partial charge is 0.371 e. The van der Waals surface area contributed by atoms with Crippen LogP contribution in [0.2, 0.25) is 0 Å². The molecular weight excluding hydrogens is 322 g/mol. The summed E-state index contributed by atoms with van der Waals surface area (Å²) in [6.07, 6.45) is 1.65. The van der Waals surface area contributed by atoms with Crippen molar-refractivity contribution in [3.63, 3.8) is 0 Å². The summed E-state index contributed by atoms with van der Waals surface area (Å²) < 4.78 is 27.3. The van der Waals surface area contributed by atoms with Crippen molar-refractivity contribution in [1.82, 2.24) is 10.6 Å². The molecular formula is C19H20F2N4. The third-order valence-electron chi connectivity index (χ3n) is 4.86. The molecule has 1 fully saturated rings. The Balaban J connectivity index is 1.68. The molecule has 0 unspecified atom stereocenters. The minimum absolute atomic E-state index is 0.378. The van der Waals surface area contributed by atoms with Crippen molar-refractivity contribution in [2.24, 2.45) is 4.99 Å². The fourth-order valence-electron chi connectivity index (χ4n) is 3.48. The Labute approximate surface area is 145 Å². The van der Waals surface area contributed by atoms with Gasteiger partial charge in [-0.3, -0.25) is 0 Å². The molecule has 1 spiro atoms. The van der Waals surface area contributed by atoms with Gasteiger partial charge in [-0.05, 0) is 31.5 Å². The van der Waals surface area contributed by atoms with Crippen LogP contribution in [0.15, 0.2) is 47.5 Å². The number of anilines is 1. The quantitative estimate of drug-likeness (QED) is 0.785. The van der Waals surface area contributed by atoms with Gasteiger partial charge >= 0.3 is 0 Å². The van der Waals surface area contributed by atoms with Crippen molar-refractivity contribution in [2.45, 2.75) is 24.9 Å². The van der Waals surface area contributed by atoms with Crippen molar-refractivity contribution >= 4 is 17.2 Å². The maximum absolute atomic E-state index is 13.6. The predicted octanol–water partition coefficient (Wildman–Crippen LogP) is 3.33. The van der Waals surface area contributed by atoms with Crippen LogP contribution in [-0.4, -0.2) is 24.5 Å². The molecule has 2 aromatic carbocycles. The van der Waals surface area contributed by atoms with Gasteiger partial charge in [0.15, 0.2) is 11.6 Å². The molecule has 0 amide bonds. The van der Waals surface area contributed by atoms with Crippen molar-refractivity contribution in [1.29, 1.82) is 0 Å². The Morgan fingerprint density at radius 2 is 1.76 bits per heavy atom. The van der Waals surface area contributed by atoms with E-state index in [0.717, 1.165) is 43.4 Å². The number of hydrogen-bond donors (Lipinski definition) is 3. The van der Waals surface area contributed by atoms with E-state index in [1.165, 1.54) is 6.07 Å². The third-order valence-corrected chi connectivity index (χ3v) is 4.86. The smallest absolute Gasteiger partial charge is 0.161 e. The first-order chi connectivity index (χ1) is 12.2. The van der Waals surface area contributed by atoms with Crippen LogP contribution < -0.4 is 16.0 Å². The Morgan fingerprint density at radius 3 is 2.52 bits per heavy atom. The Kier molecular flexibility index (Phi) is 4.13. The number of piperidine rings is 1. The van der Waals surface area contributed by atoms with Gasteiger partial charge in [-0.1, -0.05) is 30.3 Å². The average molecular weight is 342 g/mol. The average Bonchev–Trinajstić information content (AvgIpc) is 2.63. The standard InChI is InChI=1S/C19H20F2N4/c20-14-10-16-17(11-15(14)21)25-19(6-8-22-9-7-19)18(24-16)23-12-13-4-2-1-3-5-13/h1-5,10-11,22,25H,6-9,12H2,(H,23,24). The second-order valence-electron chi connectivity index (χ2n) is 6.54. The van der Waals surface area contributed by atoms with Gasteiger partial charge < -0.3 is 16.0 Å². The lowest BCUT2D eigenvalue weighted by atomic mass is 9.85. The van der Waals surface area contributed by atoms with Crippen LogP contribution in [0, 0.1) is 11.6 Å². The molecule has 130 valence electrons. The topological polar surface area (TPSA) is 48.4 Å². The maximum Gasteiger partial charge on any atom is 0.161 e. The predicted molar refractivity (Wildman–Crippen MR) is 95.2 cm³/mol. The van der Waals surface area contributed by atoms with E-state index in [0.29, 0.717) is 17.9 Å². The summed E-state index contributed by atoms with van der Waals surface area (Å²) in [6, 6.07) is 12.4. The second-order valence-corrected chi connectivity index (χ2v) is 6.54. The molecule has 25 heavy (non-hydrogen) atoms. The Hall–Kier alpha value is -2.47. The second kappa shape index (κ2) is 6.44. The van der Waals surface area contributed by atoms with E-state index in [-0.39, 0.29) is 5.54 Å². The fourth-order valence-corrected chi connectivity index (χ4v) is 3.48. The molecule has 2 aliphatic heterocycles. The van der Waals surface area contributed by atoms with Gasteiger partial charge in [0.05, 0.1) is 16.9 Å². The van der Waals surface area contributed by atoms with Crippen LogP contribution in [0.3, 0.4) is 0 Å². The summed E-state index contributed by atoms with van der Waals surface area (Å²) in [5, 5.41) is 10.2. The molecule has 0 saturated carbocycles. The molecule has 2 heterocycles. The molecule has 3 N–H and O–H groups in total. The number of nitrogens with one attached hydrogen (secondary N) is 3. The zero-order valence-corrected chi connectivity index (χ0v) is 13.8. The van der Waals surface area contributed by atoms with Gasteiger partial charge in [-0.25, -0.2) is 13.8 Å². The highest BCUT2D eigenvalue weighted by molar-refractivity contribution is 6.00. The lowest BCUT2D eigenvalue weighted by molar-refractivity contribution is 0.411. The molecule has 4 rings (SSSR count). The van der Waals surface area contributed by atoms with Crippen LogP contribution in [0.4, 0.5) is 20.2 Å². The number of aliphatic imine (C=N–C) groups is 1. The summed E-state index contributed by atoms with van der Waals surface area (Å²) in [5.74, 6) is -0.949. The lowest BCUT2D eigenvalue weighted by Crippen LogP contribution is -2.58. The highest BCUT2D eigenvalue weighted by Crippen LogP contribution is 2.38. The van der Waals surface area contributed by atoms with E-state index in [1.54, 1.807) is 0 Å². The molecule has 6 heteroatoms. The van der Waals surface area contributed by atoms with Crippen LogP contribution in [0.5, 0.6) is 0 Å². The number of benzene rings is 2. The molecule has 0 radical (unpaired) electrons. The van der Waals surface area contributed by atoms with Crippen LogP contribution in [-0.2, 0) is 6.54 Å². The molecule has 0 aliphatic carbocycles. The van der Waals surface area contributed by atoms with E-state index in [2.05, 4.69) is 20.9 Å². The van der Waals surface area contributed by atoms with E-state index in [1.807, 2.05) is 30.3 Å². The number of nitrogens with zero attached hydrogens (tertiary/aromatic N) is 1. The van der Waals surface area contributed by atoms with Crippen molar-refractivity contribution in [3.8, 4) is 0 Å². The molecule has 0 bridgehead atoms. The zero-order valence-electron chi connectivity index (χ0n) is 13.8. The molecule has 2 aromatic rings. The zero-order chi connectivity index (χ0) is 17.3. The van der Waals surface area contributed by atoms with E-state index < -0.39 is 11.6 Å². The molecule has 2 aliphatic rings. The highest BCUT2D eigenvalue weighted by atomic mass is 19.2. The lowest BCUT2D eigenvalue weighted by Gasteiger charge is -2.43. The van der Waals surface area contributed by atoms with Gasteiger partial charge in [-0.2, -0.15) is 0 Å². The van der Waals surface area contributed by atoms with Crippen molar-refractivity contribution in [2.75, 3.05) is 18.4 Å². The van der Waals surface area contributed by atoms with Gasteiger partial charge in [0.1, 0.15) is 5.84 Å². The summed E-state index contributed by atoms with van der Waals surface area (Å²) in [7, 11) is 0. The molecule has 1 saturated heterocycles. The summed E-state index contributed by atoms with van der Waals surface area (Å²) in [5.41, 5.74) is 1.74. The first kappa shape index (κ1) is 16.0. The van der Waals surface area contributed by atoms with Gasteiger partial charge in [0, 0.05) is 18.7 Å². The van der Waals surface area contributed by atoms with E-state index >= 15 is 0 Å². The first-order valence-electron chi connectivity index (χ1n) is 8.51. The molecule has 4 nitrogen and oxygen atoms in total. The molecule has 0 atom stereocenters. The first-order valence-corrected chi connectivity index (χ1v) is 8.51. The number of fused-ring (bicyclic) bond motifs is 1. The Bertz CT molecular complexity index is 799. The van der Waals surface area contributed by atoms with E-state index in [9.17, 15) is 8.78 Å². The normalized spacial score (nSPS) is 18.2. The summed E-state index contributed by atoms with van der Waals surface area (Å²) in [6.45, 7) is 2.33. The van der Waals surface area contributed by atoms with Gasteiger partial charge in [-0.15, -0.1) is 0 Å². The minimum atomic E-state index is -0.882. The Morgan fingerprint density at radius 1 is 1.04 bits per heavy atom. The van der Waals surface area contributed by atoms with Crippen molar-refractivity contribution in [3.05, 3.63) is 59.7 Å².